The van der Waals surface area contributed by atoms with Gasteiger partial charge in [0.1, 0.15) is 0 Å². The molecule has 1 fully saturated rings. The zero-order valence-corrected chi connectivity index (χ0v) is 16.3. The first-order valence-electron chi connectivity index (χ1n) is 9.27. The maximum atomic E-state index is 11.4. The van der Waals surface area contributed by atoms with Crippen molar-refractivity contribution >= 4 is 5.91 Å². The Bertz CT molecular complexity index is 640. The van der Waals surface area contributed by atoms with Crippen LogP contribution < -0.4 is 5.48 Å². The Morgan fingerprint density at radius 1 is 1.19 bits per heavy atom. The van der Waals surface area contributed by atoms with Gasteiger partial charge in [-0.1, -0.05) is 30.4 Å². The van der Waals surface area contributed by atoms with Crippen molar-refractivity contribution in [1.29, 1.82) is 0 Å². The molecule has 2 atom stereocenters. The zero-order chi connectivity index (χ0) is 19.1. The highest BCUT2D eigenvalue weighted by molar-refractivity contribution is 5.93. The minimum atomic E-state index is -0.478. The second-order valence-corrected chi connectivity index (χ2v) is 7.07. The van der Waals surface area contributed by atoms with Crippen LogP contribution in [0, 0.1) is 0 Å². The molecule has 2 rings (SSSR count). The molecule has 5 heteroatoms. The van der Waals surface area contributed by atoms with E-state index >= 15 is 0 Å². The topological polar surface area (TPSA) is 55.8 Å². The van der Waals surface area contributed by atoms with E-state index in [2.05, 4.69) is 55.7 Å². The number of rotatable bonds is 6. The second kappa shape index (κ2) is 9.67. The maximum absolute atomic E-state index is 11.4. The number of carbonyl (C=O) groups is 1. The molecule has 1 saturated heterocycles. The number of amides is 1. The number of hydrogen-bond acceptors (Lipinski definition) is 4. The van der Waals surface area contributed by atoms with Crippen molar-refractivity contribution in [2.75, 3.05) is 19.6 Å². The number of piperazine rings is 1. The number of hydroxylamine groups is 1. The predicted molar refractivity (Wildman–Crippen MR) is 105 cm³/mol. The second-order valence-electron chi connectivity index (χ2n) is 7.07. The van der Waals surface area contributed by atoms with Crippen molar-refractivity contribution in [3.8, 4) is 0 Å². The van der Waals surface area contributed by atoms with Crippen LogP contribution >= 0.6 is 0 Å². The number of nitrogens with one attached hydrogen (secondary N) is 1. The number of carbonyl (C=O) groups excluding carboxylic acids is 1. The van der Waals surface area contributed by atoms with Crippen molar-refractivity contribution in [3.63, 3.8) is 0 Å². The van der Waals surface area contributed by atoms with E-state index in [1.54, 1.807) is 17.6 Å². The lowest BCUT2D eigenvalue weighted by molar-refractivity contribution is 0.0426. The Morgan fingerprint density at radius 2 is 1.81 bits per heavy atom. The first-order chi connectivity index (χ1) is 12.5. The summed E-state index contributed by atoms with van der Waals surface area (Å²) in [5.41, 5.74) is 4.66. The maximum Gasteiger partial charge on any atom is 0.274 e. The van der Waals surface area contributed by atoms with E-state index in [-0.39, 0.29) is 0 Å². The van der Waals surface area contributed by atoms with Crippen molar-refractivity contribution in [3.05, 3.63) is 59.2 Å². The lowest BCUT2D eigenvalue weighted by Gasteiger charge is -2.44. The summed E-state index contributed by atoms with van der Waals surface area (Å²) in [7, 11) is 0. The van der Waals surface area contributed by atoms with Gasteiger partial charge in [0.05, 0.1) is 0 Å². The largest absolute Gasteiger partial charge is 0.296 e. The van der Waals surface area contributed by atoms with Gasteiger partial charge in [0.25, 0.3) is 5.91 Å². The third kappa shape index (κ3) is 5.27. The molecule has 1 aromatic carbocycles. The van der Waals surface area contributed by atoms with E-state index < -0.39 is 5.91 Å². The predicted octanol–water partition coefficient (Wildman–Crippen LogP) is 3.22. The fraction of sp³-hybridized carbons (Fsp3) is 0.476. The van der Waals surface area contributed by atoms with Gasteiger partial charge in [0.2, 0.25) is 0 Å². The molecule has 0 aliphatic carbocycles. The summed E-state index contributed by atoms with van der Waals surface area (Å²) in [4.78, 5) is 16.4. The molecule has 0 aromatic heterocycles. The molecule has 1 aliphatic rings. The SMILES string of the molecule is C/C=C\C(=C/C)CN1[C@H](C)CN(Cc2ccc(C(=O)NO)cc2)C[C@@H]1C. The third-order valence-corrected chi connectivity index (χ3v) is 5.02. The molecule has 0 radical (unpaired) electrons. The molecule has 1 aliphatic heterocycles. The highest BCUT2D eigenvalue weighted by Crippen LogP contribution is 2.20. The average Bonchev–Trinajstić information content (AvgIpc) is 2.63. The summed E-state index contributed by atoms with van der Waals surface area (Å²) in [6, 6.07) is 8.38. The van der Waals surface area contributed by atoms with Gasteiger partial charge >= 0.3 is 0 Å². The minimum absolute atomic E-state index is 0.464. The van der Waals surface area contributed by atoms with Crippen LogP contribution in [0.4, 0.5) is 0 Å². The van der Waals surface area contributed by atoms with Crippen molar-refractivity contribution in [1.82, 2.24) is 15.3 Å². The standard InChI is InChI=1S/C21H31N3O2/c1-5-7-18(6-2)15-24-16(3)12-23(13-17(24)4)14-19-8-10-20(11-9-19)21(25)22-26/h5-11,16-17,26H,12-15H2,1-4H3,(H,22,25)/b7-5-,18-6+/t16-,17+. The number of benzene rings is 1. The van der Waals surface area contributed by atoms with Crippen LogP contribution in [-0.4, -0.2) is 52.6 Å². The van der Waals surface area contributed by atoms with Crippen molar-refractivity contribution < 1.29 is 10.0 Å². The van der Waals surface area contributed by atoms with Crippen molar-refractivity contribution in [2.24, 2.45) is 0 Å². The number of allylic oxidation sites excluding steroid dienone is 2. The Labute approximate surface area is 156 Å². The molecular weight excluding hydrogens is 326 g/mol. The Balaban J connectivity index is 1.97. The van der Waals surface area contributed by atoms with Crippen LogP contribution in [0.3, 0.4) is 0 Å². The van der Waals surface area contributed by atoms with E-state index in [9.17, 15) is 4.79 Å². The van der Waals surface area contributed by atoms with Gasteiger partial charge in [-0.2, -0.15) is 0 Å². The molecule has 26 heavy (non-hydrogen) atoms. The van der Waals surface area contributed by atoms with Crippen molar-refractivity contribution in [2.45, 2.75) is 46.3 Å². The van der Waals surface area contributed by atoms with Gasteiger partial charge in [0.15, 0.2) is 0 Å². The first-order valence-corrected chi connectivity index (χ1v) is 9.27. The van der Waals surface area contributed by atoms with Gasteiger partial charge in [-0.15, -0.1) is 0 Å². The lowest BCUT2D eigenvalue weighted by atomic mass is 10.0. The molecular formula is C21H31N3O2. The summed E-state index contributed by atoms with van der Waals surface area (Å²) < 4.78 is 0. The van der Waals surface area contributed by atoms with Crippen LogP contribution in [-0.2, 0) is 6.54 Å². The molecule has 1 aromatic rings. The van der Waals surface area contributed by atoms with Gasteiger partial charge in [-0.05, 0) is 51.0 Å². The fourth-order valence-corrected chi connectivity index (χ4v) is 3.66. The monoisotopic (exact) mass is 357 g/mol. The first kappa shape index (κ1) is 20.4. The van der Waals surface area contributed by atoms with Gasteiger partial charge in [0, 0.05) is 43.8 Å². The fourth-order valence-electron chi connectivity index (χ4n) is 3.66. The van der Waals surface area contributed by atoms with E-state index in [1.165, 1.54) is 11.1 Å². The van der Waals surface area contributed by atoms with Crippen LogP contribution in [0.2, 0.25) is 0 Å². The zero-order valence-electron chi connectivity index (χ0n) is 16.3. The summed E-state index contributed by atoms with van der Waals surface area (Å²) >= 11 is 0. The van der Waals surface area contributed by atoms with Crippen LogP contribution in [0.15, 0.2) is 48.1 Å². The highest BCUT2D eigenvalue weighted by Gasteiger charge is 2.29. The van der Waals surface area contributed by atoms with E-state index in [1.807, 2.05) is 12.1 Å². The molecule has 5 nitrogen and oxygen atoms in total. The quantitative estimate of drug-likeness (QED) is 0.466. The summed E-state index contributed by atoms with van der Waals surface area (Å²) in [6.07, 6.45) is 6.48. The summed E-state index contributed by atoms with van der Waals surface area (Å²) in [6.45, 7) is 12.6. The van der Waals surface area contributed by atoms with E-state index in [4.69, 9.17) is 5.21 Å². The molecule has 0 unspecified atom stereocenters. The van der Waals surface area contributed by atoms with E-state index in [0.717, 1.165) is 26.2 Å². The van der Waals surface area contributed by atoms with Gasteiger partial charge in [-0.25, -0.2) is 5.48 Å². The molecule has 2 N–H and O–H groups in total. The normalized spacial score (nSPS) is 22.7. The van der Waals surface area contributed by atoms with Gasteiger partial charge in [-0.3, -0.25) is 19.8 Å². The Hall–Kier alpha value is -1.95. The number of nitrogens with zero attached hydrogens (tertiary/aromatic N) is 2. The molecule has 0 bridgehead atoms. The lowest BCUT2D eigenvalue weighted by Crippen LogP contribution is -2.56. The van der Waals surface area contributed by atoms with Crippen LogP contribution in [0.1, 0.15) is 43.6 Å². The summed E-state index contributed by atoms with van der Waals surface area (Å²) in [5.74, 6) is -0.478. The molecule has 0 saturated carbocycles. The van der Waals surface area contributed by atoms with Gasteiger partial charge < -0.3 is 0 Å². The third-order valence-electron chi connectivity index (χ3n) is 5.02. The smallest absolute Gasteiger partial charge is 0.274 e. The molecule has 142 valence electrons. The average molecular weight is 357 g/mol. The highest BCUT2D eigenvalue weighted by atomic mass is 16.5. The molecule has 0 spiro atoms. The van der Waals surface area contributed by atoms with Crippen LogP contribution in [0.25, 0.3) is 0 Å². The van der Waals surface area contributed by atoms with E-state index in [0.29, 0.717) is 17.6 Å². The molecule has 1 amide bonds. The minimum Gasteiger partial charge on any atom is -0.296 e. The Kier molecular flexibility index (Phi) is 7.57. The van der Waals surface area contributed by atoms with Crippen LogP contribution in [0.5, 0.6) is 0 Å². The summed E-state index contributed by atoms with van der Waals surface area (Å²) in [5, 5.41) is 8.70. The number of hydrogen-bond donors (Lipinski definition) is 2. The molecule has 1 heterocycles. The Morgan fingerprint density at radius 3 is 2.31 bits per heavy atom.